The number of rotatable bonds is 5. The monoisotopic (exact) mass is 351 g/mol. The van der Waals surface area contributed by atoms with Crippen LogP contribution < -0.4 is 10.6 Å². The van der Waals surface area contributed by atoms with Crippen LogP contribution in [-0.2, 0) is 11.3 Å². The van der Waals surface area contributed by atoms with Gasteiger partial charge in [-0.3, -0.25) is 5.32 Å². The summed E-state index contributed by atoms with van der Waals surface area (Å²) >= 11 is 1.22. The second-order valence-electron chi connectivity index (χ2n) is 5.32. The van der Waals surface area contributed by atoms with Crippen molar-refractivity contribution in [2.75, 3.05) is 12.4 Å². The van der Waals surface area contributed by atoms with Crippen LogP contribution in [-0.4, -0.2) is 24.1 Å². The molecule has 8 heteroatoms. The number of aromatic nitrogens is 1. The van der Waals surface area contributed by atoms with Crippen molar-refractivity contribution in [1.29, 1.82) is 0 Å². The maximum Gasteiger partial charge on any atom is 0.357 e. The van der Waals surface area contributed by atoms with Crippen LogP contribution in [0.4, 0.5) is 14.3 Å². The van der Waals surface area contributed by atoms with E-state index < -0.39 is 12.0 Å². The number of methoxy groups -OCH3 is 1. The highest BCUT2D eigenvalue weighted by atomic mass is 32.1. The highest BCUT2D eigenvalue weighted by Crippen LogP contribution is 2.30. The van der Waals surface area contributed by atoms with Gasteiger partial charge in [-0.25, -0.2) is 19.0 Å². The van der Waals surface area contributed by atoms with E-state index in [4.69, 9.17) is 4.74 Å². The summed E-state index contributed by atoms with van der Waals surface area (Å²) in [5.74, 6) is -0.829. The molecule has 0 spiro atoms. The van der Waals surface area contributed by atoms with Crippen molar-refractivity contribution >= 4 is 28.5 Å². The lowest BCUT2D eigenvalue weighted by molar-refractivity contribution is 0.0593. The Labute approximate surface area is 143 Å². The molecule has 0 aliphatic heterocycles. The number of carbonyl (C=O) groups is 2. The summed E-state index contributed by atoms with van der Waals surface area (Å²) in [5.41, 5.74) is 0.848. The third-order valence-corrected chi connectivity index (χ3v) is 4.39. The number of hydrogen-bond acceptors (Lipinski definition) is 5. The number of halogens is 1. The number of carbonyl (C=O) groups excluding carboxylic acids is 2. The summed E-state index contributed by atoms with van der Waals surface area (Å²) in [6.45, 7) is 4.03. The number of anilines is 1. The molecule has 0 atom stereocenters. The van der Waals surface area contributed by atoms with E-state index in [1.807, 2.05) is 13.8 Å². The molecule has 1 aromatic heterocycles. The van der Waals surface area contributed by atoms with Gasteiger partial charge in [-0.2, -0.15) is 0 Å². The highest BCUT2D eigenvalue weighted by Gasteiger charge is 2.21. The minimum Gasteiger partial charge on any atom is -0.464 e. The van der Waals surface area contributed by atoms with Crippen molar-refractivity contribution in [3.05, 3.63) is 46.2 Å². The van der Waals surface area contributed by atoms with Gasteiger partial charge in [0.15, 0.2) is 10.8 Å². The number of amides is 2. The van der Waals surface area contributed by atoms with Crippen LogP contribution in [0.5, 0.6) is 0 Å². The van der Waals surface area contributed by atoms with Gasteiger partial charge in [0.2, 0.25) is 0 Å². The number of benzene rings is 1. The van der Waals surface area contributed by atoms with Gasteiger partial charge < -0.3 is 10.1 Å². The summed E-state index contributed by atoms with van der Waals surface area (Å²) < 4.78 is 17.8. The molecular formula is C16H18FN3O3S. The molecule has 128 valence electrons. The number of nitrogens with one attached hydrogen (secondary N) is 2. The fourth-order valence-corrected chi connectivity index (χ4v) is 2.94. The molecule has 2 rings (SSSR count). The number of hydrogen-bond donors (Lipinski definition) is 2. The third-order valence-electron chi connectivity index (χ3n) is 3.12. The number of nitrogens with zero attached hydrogens (tertiary/aromatic N) is 1. The number of esters is 1. The van der Waals surface area contributed by atoms with Crippen LogP contribution in [0.2, 0.25) is 0 Å². The van der Waals surface area contributed by atoms with Gasteiger partial charge in [-0.15, -0.1) is 11.3 Å². The van der Waals surface area contributed by atoms with E-state index in [9.17, 15) is 14.0 Å². The second kappa shape index (κ2) is 7.87. The molecule has 0 aliphatic rings. The first-order valence-corrected chi connectivity index (χ1v) is 8.10. The average molecular weight is 351 g/mol. The molecule has 0 bridgehead atoms. The van der Waals surface area contributed by atoms with E-state index in [1.54, 1.807) is 12.1 Å². The van der Waals surface area contributed by atoms with E-state index in [0.717, 1.165) is 4.88 Å². The Morgan fingerprint density at radius 3 is 2.75 bits per heavy atom. The van der Waals surface area contributed by atoms with E-state index in [0.29, 0.717) is 10.7 Å². The zero-order chi connectivity index (χ0) is 17.7. The van der Waals surface area contributed by atoms with Gasteiger partial charge in [0.05, 0.1) is 7.11 Å². The van der Waals surface area contributed by atoms with E-state index in [1.165, 1.54) is 30.6 Å². The smallest absolute Gasteiger partial charge is 0.357 e. The Kier molecular flexibility index (Phi) is 5.86. The molecule has 24 heavy (non-hydrogen) atoms. The minimum absolute atomic E-state index is 0.0718. The quantitative estimate of drug-likeness (QED) is 0.808. The van der Waals surface area contributed by atoms with Gasteiger partial charge in [-0.1, -0.05) is 26.0 Å². The van der Waals surface area contributed by atoms with Gasteiger partial charge in [0.1, 0.15) is 5.82 Å². The lowest BCUT2D eigenvalue weighted by atomic mass is 10.1. The molecule has 2 amide bonds. The Hall–Kier alpha value is -2.48. The maximum absolute atomic E-state index is 13.1. The Morgan fingerprint density at radius 1 is 1.38 bits per heavy atom. The fourth-order valence-electron chi connectivity index (χ4n) is 1.99. The van der Waals surface area contributed by atoms with Crippen LogP contribution in [0.1, 0.15) is 40.7 Å². The Bertz CT molecular complexity index is 746. The standard InChI is InChI=1S/C16H18FN3O3S/c1-9(2)13-12(14(21)23-3)19-16(24-13)20-15(22)18-8-10-5-4-6-11(17)7-10/h4-7,9H,8H2,1-3H3,(H2,18,19,20,22). The van der Waals surface area contributed by atoms with Crippen LogP contribution >= 0.6 is 11.3 Å². The molecule has 0 saturated heterocycles. The van der Waals surface area contributed by atoms with Crippen LogP contribution in [0.25, 0.3) is 0 Å². The summed E-state index contributed by atoms with van der Waals surface area (Å²) in [7, 11) is 1.28. The van der Waals surface area contributed by atoms with Gasteiger partial charge in [0, 0.05) is 11.4 Å². The normalized spacial score (nSPS) is 10.5. The molecule has 1 heterocycles. The van der Waals surface area contributed by atoms with Crippen LogP contribution in [0.3, 0.4) is 0 Å². The van der Waals surface area contributed by atoms with Crippen LogP contribution in [0.15, 0.2) is 24.3 Å². The topological polar surface area (TPSA) is 80.3 Å². The fraction of sp³-hybridized carbons (Fsp3) is 0.312. The summed E-state index contributed by atoms with van der Waals surface area (Å²) in [6.07, 6.45) is 0. The SMILES string of the molecule is COC(=O)c1nc(NC(=O)NCc2cccc(F)c2)sc1C(C)C. The number of urea groups is 1. The number of ether oxygens (including phenoxy) is 1. The summed E-state index contributed by atoms with van der Waals surface area (Å²) in [6, 6.07) is 5.47. The summed E-state index contributed by atoms with van der Waals surface area (Å²) in [5, 5.41) is 5.49. The zero-order valence-electron chi connectivity index (χ0n) is 13.6. The Morgan fingerprint density at radius 2 is 2.12 bits per heavy atom. The molecule has 6 nitrogen and oxygen atoms in total. The molecule has 0 unspecified atom stereocenters. The zero-order valence-corrected chi connectivity index (χ0v) is 14.4. The first-order valence-electron chi connectivity index (χ1n) is 7.29. The lowest BCUT2D eigenvalue weighted by Crippen LogP contribution is -2.28. The third kappa shape index (κ3) is 4.51. The molecule has 2 N–H and O–H groups in total. The largest absolute Gasteiger partial charge is 0.464 e. The number of thiazole rings is 1. The summed E-state index contributed by atoms with van der Waals surface area (Å²) in [4.78, 5) is 28.5. The van der Waals surface area contributed by atoms with Crippen LogP contribution in [0, 0.1) is 5.82 Å². The molecule has 0 aliphatic carbocycles. The predicted octanol–water partition coefficient (Wildman–Crippen LogP) is 3.51. The lowest BCUT2D eigenvalue weighted by Gasteiger charge is -2.05. The first-order chi connectivity index (χ1) is 11.4. The molecule has 0 radical (unpaired) electrons. The first kappa shape index (κ1) is 17.9. The van der Waals surface area contributed by atoms with Crippen molar-refractivity contribution in [2.45, 2.75) is 26.3 Å². The predicted molar refractivity (Wildman–Crippen MR) is 89.8 cm³/mol. The van der Waals surface area contributed by atoms with Gasteiger partial charge in [-0.05, 0) is 23.6 Å². The van der Waals surface area contributed by atoms with E-state index >= 15 is 0 Å². The van der Waals surface area contributed by atoms with Crippen molar-refractivity contribution in [3.8, 4) is 0 Å². The molecule has 1 aromatic carbocycles. The average Bonchev–Trinajstić information content (AvgIpc) is 2.96. The molecule has 2 aromatic rings. The molecule has 0 fully saturated rings. The highest BCUT2D eigenvalue weighted by molar-refractivity contribution is 7.16. The maximum atomic E-state index is 13.1. The molecule has 0 saturated carbocycles. The molecular weight excluding hydrogens is 333 g/mol. The van der Waals surface area contributed by atoms with Crippen molar-refractivity contribution in [2.24, 2.45) is 0 Å². The van der Waals surface area contributed by atoms with Gasteiger partial charge in [0.25, 0.3) is 0 Å². The minimum atomic E-state index is -0.539. The van der Waals surface area contributed by atoms with E-state index in [-0.39, 0.29) is 24.0 Å². The van der Waals surface area contributed by atoms with E-state index in [2.05, 4.69) is 15.6 Å². The van der Waals surface area contributed by atoms with Gasteiger partial charge >= 0.3 is 12.0 Å². The second-order valence-corrected chi connectivity index (χ2v) is 6.35. The van der Waals surface area contributed by atoms with Crippen molar-refractivity contribution in [3.63, 3.8) is 0 Å². The van der Waals surface area contributed by atoms with Crippen molar-refractivity contribution < 1.29 is 18.7 Å². The Balaban J connectivity index is 2.02. The van der Waals surface area contributed by atoms with Crippen molar-refractivity contribution in [1.82, 2.24) is 10.3 Å².